The van der Waals surface area contributed by atoms with Gasteiger partial charge in [-0.1, -0.05) is 26.3 Å². The van der Waals surface area contributed by atoms with Gasteiger partial charge in [-0.25, -0.2) is 4.79 Å². The summed E-state index contributed by atoms with van der Waals surface area (Å²) in [5.41, 5.74) is 2.72. The van der Waals surface area contributed by atoms with E-state index in [0.717, 1.165) is 54.5 Å². The van der Waals surface area contributed by atoms with Gasteiger partial charge in [0.15, 0.2) is 6.61 Å². The Morgan fingerprint density at radius 2 is 2.08 bits per heavy atom. The summed E-state index contributed by atoms with van der Waals surface area (Å²) in [6.45, 7) is 7.71. The molecular formula is C19H26N2O3. The number of aryl methyl sites for hydroxylation is 1. The van der Waals surface area contributed by atoms with E-state index in [1.807, 2.05) is 25.1 Å². The molecule has 1 N–H and O–H groups in total. The van der Waals surface area contributed by atoms with Crippen LogP contribution in [0.15, 0.2) is 24.4 Å². The van der Waals surface area contributed by atoms with Gasteiger partial charge in [-0.15, -0.1) is 0 Å². The van der Waals surface area contributed by atoms with Gasteiger partial charge < -0.3 is 14.7 Å². The first-order valence-electron chi connectivity index (χ1n) is 8.56. The first-order chi connectivity index (χ1) is 11.6. The van der Waals surface area contributed by atoms with Crippen LogP contribution in [0.5, 0.6) is 5.75 Å². The molecule has 0 aliphatic rings. The fraction of sp³-hybridized carbons (Fsp3) is 0.474. The van der Waals surface area contributed by atoms with Gasteiger partial charge in [0, 0.05) is 24.7 Å². The molecule has 2 aromatic rings. The highest BCUT2D eigenvalue weighted by Gasteiger charge is 2.20. The molecule has 0 atom stereocenters. The number of hydrogen-bond acceptors (Lipinski definition) is 4. The molecule has 0 aliphatic carbocycles. The average Bonchev–Trinajstić information content (AvgIpc) is 2.56. The number of rotatable bonds is 9. The molecule has 0 amide bonds. The molecule has 1 heterocycles. The number of hydrogen-bond donors (Lipinski definition) is 1. The lowest BCUT2D eigenvalue weighted by molar-refractivity contribution is -0.139. The second-order valence-electron chi connectivity index (χ2n) is 5.97. The van der Waals surface area contributed by atoms with Crippen molar-refractivity contribution in [2.24, 2.45) is 0 Å². The van der Waals surface area contributed by atoms with Gasteiger partial charge in [0.2, 0.25) is 0 Å². The fourth-order valence-corrected chi connectivity index (χ4v) is 2.89. The molecule has 2 rings (SSSR count). The van der Waals surface area contributed by atoms with Crippen molar-refractivity contribution in [2.45, 2.75) is 40.0 Å². The van der Waals surface area contributed by atoms with E-state index < -0.39 is 5.97 Å². The van der Waals surface area contributed by atoms with Gasteiger partial charge in [0.1, 0.15) is 11.4 Å². The second kappa shape index (κ2) is 8.52. The number of aliphatic carboxylic acids is 1. The van der Waals surface area contributed by atoms with E-state index in [1.165, 1.54) is 0 Å². The zero-order chi connectivity index (χ0) is 17.5. The number of carbonyl (C=O) groups is 1. The number of pyridine rings is 1. The number of fused-ring (bicyclic) bond motifs is 1. The fourth-order valence-electron chi connectivity index (χ4n) is 2.89. The van der Waals surface area contributed by atoms with Crippen LogP contribution in [-0.2, 0) is 4.79 Å². The molecule has 1 aromatic carbocycles. The van der Waals surface area contributed by atoms with Crippen molar-refractivity contribution in [1.82, 2.24) is 4.98 Å². The molecule has 0 saturated heterocycles. The van der Waals surface area contributed by atoms with E-state index >= 15 is 0 Å². The Hall–Kier alpha value is -2.30. The number of nitrogens with zero attached hydrogens (tertiary/aromatic N) is 2. The van der Waals surface area contributed by atoms with E-state index in [2.05, 4.69) is 23.7 Å². The zero-order valence-corrected chi connectivity index (χ0v) is 14.7. The van der Waals surface area contributed by atoms with Crippen LogP contribution in [0, 0.1) is 6.92 Å². The molecule has 0 bridgehead atoms. The number of benzene rings is 1. The van der Waals surface area contributed by atoms with Crippen LogP contribution in [0.25, 0.3) is 10.9 Å². The summed E-state index contributed by atoms with van der Waals surface area (Å²) in [5, 5.41) is 10.0. The highest BCUT2D eigenvalue weighted by Crippen LogP contribution is 2.38. The van der Waals surface area contributed by atoms with Crippen LogP contribution in [0.3, 0.4) is 0 Å². The van der Waals surface area contributed by atoms with Crippen molar-refractivity contribution >= 4 is 22.6 Å². The monoisotopic (exact) mass is 330 g/mol. The highest BCUT2D eigenvalue weighted by atomic mass is 16.5. The molecule has 0 unspecified atom stereocenters. The number of anilines is 1. The van der Waals surface area contributed by atoms with Crippen molar-refractivity contribution in [3.63, 3.8) is 0 Å². The molecule has 0 fully saturated rings. The molecule has 130 valence electrons. The SMILES string of the molecule is CCCCN(CCC)c1c(OCC(=O)O)c(C)cc2cccnc12. The van der Waals surface area contributed by atoms with Gasteiger partial charge in [0.25, 0.3) is 0 Å². The maximum atomic E-state index is 11.0. The Labute approximate surface area is 143 Å². The number of aromatic nitrogens is 1. The van der Waals surface area contributed by atoms with Crippen LogP contribution in [0.2, 0.25) is 0 Å². The third kappa shape index (κ3) is 4.16. The quantitative estimate of drug-likeness (QED) is 0.752. The van der Waals surface area contributed by atoms with Crippen LogP contribution < -0.4 is 9.64 Å². The zero-order valence-electron chi connectivity index (χ0n) is 14.7. The maximum Gasteiger partial charge on any atom is 0.341 e. The third-order valence-electron chi connectivity index (χ3n) is 3.94. The van der Waals surface area contributed by atoms with Gasteiger partial charge in [0.05, 0.1) is 5.52 Å². The predicted octanol–water partition coefficient (Wildman–Crippen LogP) is 4.02. The predicted molar refractivity (Wildman–Crippen MR) is 97.0 cm³/mol. The maximum absolute atomic E-state index is 11.0. The van der Waals surface area contributed by atoms with Gasteiger partial charge in [-0.2, -0.15) is 0 Å². The van der Waals surface area contributed by atoms with Crippen molar-refractivity contribution in [1.29, 1.82) is 0 Å². The lowest BCUT2D eigenvalue weighted by Gasteiger charge is -2.28. The van der Waals surface area contributed by atoms with Crippen LogP contribution in [-0.4, -0.2) is 35.8 Å². The van der Waals surface area contributed by atoms with Crippen LogP contribution in [0.4, 0.5) is 5.69 Å². The van der Waals surface area contributed by atoms with Crippen molar-refractivity contribution in [3.05, 3.63) is 30.0 Å². The Morgan fingerprint density at radius 3 is 2.75 bits per heavy atom. The molecule has 1 aromatic heterocycles. The molecule has 0 radical (unpaired) electrons. The molecule has 5 nitrogen and oxygen atoms in total. The van der Waals surface area contributed by atoms with Crippen LogP contribution in [0.1, 0.15) is 38.7 Å². The first-order valence-corrected chi connectivity index (χ1v) is 8.56. The summed E-state index contributed by atoms with van der Waals surface area (Å²) < 4.78 is 5.66. The molecular weight excluding hydrogens is 304 g/mol. The highest BCUT2D eigenvalue weighted by molar-refractivity contribution is 5.95. The Bertz CT molecular complexity index is 700. The van der Waals surface area contributed by atoms with Crippen molar-refractivity contribution in [3.8, 4) is 5.75 Å². The van der Waals surface area contributed by atoms with Gasteiger partial charge >= 0.3 is 5.97 Å². The van der Waals surface area contributed by atoms with E-state index in [0.29, 0.717) is 5.75 Å². The Balaban J connectivity index is 2.59. The minimum atomic E-state index is -0.975. The number of carboxylic acids is 1. The molecule has 24 heavy (non-hydrogen) atoms. The molecule has 0 aliphatic heterocycles. The number of ether oxygens (including phenoxy) is 1. The summed E-state index contributed by atoms with van der Waals surface area (Å²) in [5.74, 6) is -0.342. The summed E-state index contributed by atoms with van der Waals surface area (Å²) >= 11 is 0. The first kappa shape index (κ1) is 18.0. The minimum absolute atomic E-state index is 0.347. The second-order valence-corrected chi connectivity index (χ2v) is 5.97. The van der Waals surface area contributed by atoms with Gasteiger partial charge in [-0.3, -0.25) is 4.98 Å². The van der Waals surface area contributed by atoms with E-state index in [1.54, 1.807) is 6.20 Å². The topological polar surface area (TPSA) is 62.7 Å². The molecule has 0 spiro atoms. The normalized spacial score (nSPS) is 10.8. The summed E-state index contributed by atoms with van der Waals surface area (Å²) in [6.07, 6.45) is 4.94. The van der Waals surface area contributed by atoms with E-state index in [4.69, 9.17) is 9.84 Å². The summed E-state index contributed by atoms with van der Waals surface area (Å²) in [4.78, 5) is 17.8. The van der Waals surface area contributed by atoms with Gasteiger partial charge in [-0.05, 0) is 37.5 Å². The Morgan fingerprint density at radius 1 is 1.29 bits per heavy atom. The lowest BCUT2D eigenvalue weighted by Crippen LogP contribution is -2.27. The number of carboxylic acid groups (broad SMARTS) is 1. The minimum Gasteiger partial charge on any atom is -0.479 e. The molecule has 0 saturated carbocycles. The molecule has 5 heteroatoms. The summed E-state index contributed by atoms with van der Waals surface area (Å²) in [6, 6.07) is 5.95. The van der Waals surface area contributed by atoms with E-state index in [9.17, 15) is 4.79 Å². The largest absolute Gasteiger partial charge is 0.479 e. The average molecular weight is 330 g/mol. The Kier molecular flexibility index (Phi) is 6.41. The number of unbranched alkanes of at least 4 members (excludes halogenated alkanes) is 1. The smallest absolute Gasteiger partial charge is 0.341 e. The third-order valence-corrected chi connectivity index (χ3v) is 3.94. The van der Waals surface area contributed by atoms with Crippen molar-refractivity contribution in [2.75, 3.05) is 24.6 Å². The van der Waals surface area contributed by atoms with Crippen molar-refractivity contribution < 1.29 is 14.6 Å². The lowest BCUT2D eigenvalue weighted by atomic mass is 10.1. The van der Waals surface area contributed by atoms with Crippen LogP contribution >= 0.6 is 0 Å². The summed E-state index contributed by atoms with van der Waals surface area (Å²) in [7, 11) is 0. The van der Waals surface area contributed by atoms with E-state index in [-0.39, 0.29) is 6.61 Å². The standard InChI is InChI=1S/C19H26N2O3/c1-4-6-11-21(10-5-2)18-17-15(8-7-9-20-17)12-14(3)19(18)24-13-16(22)23/h7-9,12H,4-6,10-11,13H2,1-3H3,(H,22,23).